The van der Waals surface area contributed by atoms with Gasteiger partial charge in [0.1, 0.15) is 0 Å². The number of rotatable bonds is 16. The van der Waals surface area contributed by atoms with Crippen molar-refractivity contribution in [3.8, 4) is 28.0 Å². The fourth-order valence-electron chi connectivity index (χ4n) is 6.45. The van der Waals surface area contributed by atoms with Crippen LogP contribution in [0.5, 0.6) is 5.75 Å². The summed E-state index contributed by atoms with van der Waals surface area (Å²) in [6.45, 7) is 6.67. The molecule has 5 aromatic rings. The highest BCUT2D eigenvalue weighted by Gasteiger charge is 2.29. The van der Waals surface area contributed by atoms with Gasteiger partial charge >= 0.3 is 5.89 Å². The molecule has 0 aliphatic carbocycles. The van der Waals surface area contributed by atoms with Crippen LogP contribution in [0.2, 0.25) is 0 Å². The van der Waals surface area contributed by atoms with Crippen molar-refractivity contribution in [1.82, 2.24) is 5.06 Å². The molecule has 0 N–H and O–H groups in total. The first-order valence-electron chi connectivity index (χ1n) is 18.5. The summed E-state index contributed by atoms with van der Waals surface area (Å²) in [5, 5.41) is 1.33. The second kappa shape index (κ2) is 16.5. The molecule has 0 radical (unpaired) electrons. The highest BCUT2D eigenvalue weighted by molar-refractivity contribution is 7.86. The van der Waals surface area contributed by atoms with E-state index in [4.69, 9.17) is 13.4 Å². The second-order valence-electron chi connectivity index (χ2n) is 14.5. The van der Waals surface area contributed by atoms with Gasteiger partial charge in [0.05, 0.1) is 45.2 Å². The van der Waals surface area contributed by atoms with Crippen LogP contribution in [0.4, 0.5) is 5.69 Å². The molecule has 0 spiro atoms. The van der Waals surface area contributed by atoms with Gasteiger partial charge in [-0.05, 0) is 52.4 Å². The molecule has 2 heterocycles. The summed E-state index contributed by atoms with van der Waals surface area (Å²) in [5.41, 5.74) is 8.14. The van der Waals surface area contributed by atoms with Crippen LogP contribution in [0.25, 0.3) is 39.4 Å². The summed E-state index contributed by atoms with van der Waals surface area (Å²) in [7, 11) is 4.52. The Labute approximate surface area is 314 Å². The first-order chi connectivity index (χ1) is 25.4. The van der Waals surface area contributed by atoms with Crippen LogP contribution >= 0.6 is 0 Å². The third kappa shape index (κ3) is 9.63. The number of quaternary nitrogens is 1. The third-order valence-corrected chi connectivity index (χ3v) is 10.6. The lowest BCUT2D eigenvalue weighted by Crippen LogP contribution is -2.37. The molecule has 0 saturated heterocycles. The Morgan fingerprint density at radius 3 is 2.17 bits per heavy atom. The van der Waals surface area contributed by atoms with Crippen LogP contribution in [-0.2, 0) is 20.9 Å². The van der Waals surface area contributed by atoms with Crippen LogP contribution in [0, 0.1) is 0 Å². The highest BCUT2D eigenvalue weighted by Crippen LogP contribution is 2.42. The minimum Gasteiger partial charge on any atom is -0.439 e. The van der Waals surface area contributed by atoms with Crippen LogP contribution < -0.4 is 14.2 Å². The maximum atomic E-state index is 12.8. The molecule has 1 aliphatic rings. The number of hydrogen-bond acceptors (Lipinski definition) is 7. The summed E-state index contributed by atoms with van der Waals surface area (Å²) >= 11 is 0. The number of benzene rings is 4. The highest BCUT2D eigenvalue weighted by atomic mass is 32.2. The van der Waals surface area contributed by atoms with Crippen molar-refractivity contribution in [1.29, 1.82) is 0 Å². The van der Waals surface area contributed by atoms with Crippen molar-refractivity contribution in [2.75, 3.05) is 58.5 Å². The smallest absolute Gasteiger partial charge is 0.374 e. The Bertz CT molecular complexity index is 2190. The standard InChI is InChI=1S/C43H52N4O5S/c1-7-33(29-42-45(25-15-27-47(4,5)6)38-31-36(21-23-40(38)50-42)34-17-11-9-12-18-34)30-43-46(26-16-28-53(48,49)52-44(3)8-2)39-32-37(22-24-41(39)51-43)35-19-13-10-14-20-35/h9-14,17-24,29-32H,7-8,15-16,25-28H2,1-6H3/q+2. The van der Waals surface area contributed by atoms with Crippen LogP contribution in [-0.4, -0.2) is 71.5 Å². The van der Waals surface area contributed by atoms with E-state index in [1.807, 2.05) is 37.3 Å². The predicted octanol–water partition coefficient (Wildman–Crippen LogP) is 8.29. The van der Waals surface area contributed by atoms with Crippen molar-refractivity contribution in [2.24, 2.45) is 0 Å². The summed E-state index contributed by atoms with van der Waals surface area (Å²) in [6.07, 6.45) is 6.22. The van der Waals surface area contributed by atoms with E-state index < -0.39 is 10.1 Å². The summed E-state index contributed by atoms with van der Waals surface area (Å²) in [6, 6.07) is 33.2. The van der Waals surface area contributed by atoms with Gasteiger partial charge < -0.3 is 18.5 Å². The normalized spacial score (nSPS) is 14.4. The molecule has 53 heavy (non-hydrogen) atoms. The molecule has 4 aromatic carbocycles. The van der Waals surface area contributed by atoms with Gasteiger partial charge in [-0.1, -0.05) is 86.6 Å². The van der Waals surface area contributed by atoms with Gasteiger partial charge in [0, 0.05) is 45.1 Å². The molecule has 0 amide bonds. The quantitative estimate of drug-likeness (QED) is 0.0574. The topological polar surface area (TPSA) is 76.1 Å². The summed E-state index contributed by atoms with van der Waals surface area (Å²) < 4.78 is 46.8. The Morgan fingerprint density at radius 1 is 0.868 bits per heavy atom. The molecule has 1 aromatic heterocycles. The van der Waals surface area contributed by atoms with E-state index >= 15 is 0 Å². The largest absolute Gasteiger partial charge is 0.439 e. The lowest BCUT2D eigenvalue weighted by Gasteiger charge is -2.26. The number of aromatic nitrogens is 1. The van der Waals surface area contributed by atoms with Crippen molar-refractivity contribution in [3.05, 3.63) is 120 Å². The number of hydroxylamine groups is 2. The molecule has 1 aliphatic heterocycles. The zero-order valence-corrected chi connectivity index (χ0v) is 32.6. The average molecular weight is 737 g/mol. The molecule has 6 rings (SSSR count). The van der Waals surface area contributed by atoms with E-state index in [2.05, 4.69) is 116 Å². The molecule has 0 unspecified atom stereocenters. The number of anilines is 1. The van der Waals surface area contributed by atoms with E-state index in [0.29, 0.717) is 25.4 Å². The first-order valence-corrected chi connectivity index (χ1v) is 20.0. The molecular weight excluding hydrogens is 685 g/mol. The maximum absolute atomic E-state index is 12.8. The molecule has 10 heteroatoms. The third-order valence-electron chi connectivity index (χ3n) is 9.37. The van der Waals surface area contributed by atoms with E-state index in [1.54, 1.807) is 7.05 Å². The van der Waals surface area contributed by atoms with Gasteiger partial charge in [-0.3, -0.25) is 0 Å². The molecule has 0 saturated carbocycles. The molecule has 0 atom stereocenters. The summed E-state index contributed by atoms with van der Waals surface area (Å²) in [5.74, 6) is 2.13. The SMILES string of the molecule is CCC(=Cc1oc2ccc(-c3ccccc3)cc2[n+]1CCCS(=O)(=O)ON(C)CC)C=C1Oc2ccc(-c3ccccc3)cc2N1CCC[N+](C)(C)C. The second-order valence-corrected chi connectivity index (χ2v) is 16.2. The number of aryl methyl sites for hydroxylation is 1. The summed E-state index contributed by atoms with van der Waals surface area (Å²) in [4.78, 5) is 2.29. The van der Waals surface area contributed by atoms with E-state index in [9.17, 15) is 8.42 Å². The van der Waals surface area contributed by atoms with Gasteiger partial charge in [0.2, 0.25) is 11.5 Å². The number of fused-ring (bicyclic) bond motifs is 2. The zero-order valence-electron chi connectivity index (χ0n) is 31.8. The van der Waals surface area contributed by atoms with E-state index in [1.165, 1.54) is 5.06 Å². The monoisotopic (exact) mass is 736 g/mol. The Morgan fingerprint density at radius 2 is 1.53 bits per heavy atom. The van der Waals surface area contributed by atoms with Crippen LogP contribution in [0.15, 0.2) is 119 Å². The molecule has 9 nitrogen and oxygen atoms in total. The average Bonchev–Trinajstić information content (AvgIpc) is 3.66. The Balaban J connectivity index is 1.37. The van der Waals surface area contributed by atoms with Crippen molar-refractivity contribution in [3.63, 3.8) is 0 Å². The van der Waals surface area contributed by atoms with Gasteiger partial charge in [-0.15, -0.1) is 0 Å². The fraction of sp³-hybridized carbons (Fsp3) is 0.326. The first kappa shape index (κ1) is 38.0. The predicted molar refractivity (Wildman–Crippen MR) is 213 cm³/mol. The lowest BCUT2D eigenvalue weighted by molar-refractivity contribution is -0.870. The lowest BCUT2D eigenvalue weighted by atomic mass is 10.0. The number of hydrogen-bond donors (Lipinski definition) is 0. The molecule has 278 valence electrons. The van der Waals surface area contributed by atoms with Gasteiger partial charge in [0.15, 0.2) is 12.3 Å². The fourth-order valence-corrected chi connectivity index (χ4v) is 7.50. The molecule has 0 bridgehead atoms. The van der Waals surface area contributed by atoms with E-state index in [-0.39, 0.29) is 5.75 Å². The number of ether oxygens (including phenoxy) is 1. The molecular formula is C43H52N4O5S+2. The minimum atomic E-state index is -3.74. The maximum Gasteiger partial charge on any atom is 0.374 e. The zero-order chi connectivity index (χ0) is 37.6. The van der Waals surface area contributed by atoms with Crippen molar-refractivity contribution < 1.29 is 30.9 Å². The van der Waals surface area contributed by atoms with Crippen molar-refractivity contribution in [2.45, 2.75) is 39.7 Å². The Kier molecular flexibility index (Phi) is 11.8. The Hall–Kier alpha value is -4.74. The van der Waals surface area contributed by atoms with Gasteiger partial charge in [0.25, 0.3) is 15.6 Å². The van der Waals surface area contributed by atoms with Crippen LogP contribution in [0.1, 0.15) is 39.0 Å². The number of oxazole rings is 1. The molecule has 0 fully saturated rings. The van der Waals surface area contributed by atoms with Crippen molar-refractivity contribution >= 4 is 33.0 Å². The van der Waals surface area contributed by atoms with Crippen LogP contribution in [0.3, 0.4) is 0 Å². The number of allylic oxidation sites excluding steroid dienone is 2. The minimum absolute atomic E-state index is 0.122. The number of nitrogens with zero attached hydrogens (tertiary/aromatic N) is 4. The van der Waals surface area contributed by atoms with Gasteiger partial charge in [-0.25, -0.2) is 0 Å². The van der Waals surface area contributed by atoms with E-state index in [0.717, 1.165) is 86.7 Å². The van der Waals surface area contributed by atoms with Gasteiger partial charge in [-0.2, -0.15) is 22.3 Å².